The van der Waals surface area contributed by atoms with E-state index < -0.39 is 5.72 Å². The maximum Gasteiger partial charge on any atom is 0.113 e. The second kappa shape index (κ2) is 2.22. The molecule has 0 aromatic heterocycles. The standard InChI is InChI=1S/C9H16NO2/c1-6-8(2)4-5-12-7(8)10-9(6,3)11/h6-7,10H,4-5H2,1-3H3/q-1/t6-,7+,8+,9-/m0/s1. The molecular formula is C9H16NO2-. The number of fused-ring (bicyclic) bond motifs is 1. The molecular weight excluding hydrogens is 154 g/mol. The van der Waals surface area contributed by atoms with E-state index in [4.69, 9.17) is 4.74 Å². The van der Waals surface area contributed by atoms with Gasteiger partial charge >= 0.3 is 0 Å². The van der Waals surface area contributed by atoms with E-state index >= 15 is 0 Å². The van der Waals surface area contributed by atoms with Gasteiger partial charge in [0.25, 0.3) is 0 Å². The quantitative estimate of drug-likeness (QED) is 0.559. The van der Waals surface area contributed by atoms with Crippen LogP contribution in [-0.2, 0) is 4.74 Å². The highest BCUT2D eigenvalue weighted by Gasteiger charge is 2.53. The van der Waals surface area contributed by atoms with Crippen LogP contribution < -0.4 is 10.4 Å². The zero-order valence-corrected chi connectivity index (χ0v) is 7.89. The van der Waals surface area contributed by atoms with E-state index in [9.17, 15) is 5.11 Å². The minimum Gasteiger partial charge on any atom is -0.838 e. The predicted octanol–water partition coefficient (Wildman–Crippen LogP) is 0.0549. The third-order valence-electron chi connectivity index (χ3n) is 3.76. The molecule has 1 N–H and O–H groups in total. The lowest BCUT2D eigenvalue weighted by molar-refractivity contribution is -0.492. The molecule has 2 aliphatic heterocycles. The number of nitrogens with one attached hydrogen (secondary N) is 1. The topological polar surface area (TPSA) is 44.3 Å². The highest BCUT2D eigenvalue weighted by atomic mass is 16.5. The van der Waals surface area contributed by atoms with Gasteiger partial charge in [0.15, 0.2) is 0 Å². The molecule has 3 heteroatoms. The molecule has 2 aliphatic rings. The van der Waals surface area contributed by atoms with E-state index in [1.54, 1.807) is 6.92 Å². The van der Waals surface area contributed by atoms with E-state index in [1.165, 1.54) is 0 Å². The van der Waals surface area contributed by atoms with Crippen LogP contribution in [-0.4, -0.2) is 18.6 Å². The minimum absolute atomic E-state index is 0.0185. The first kappa shape index (κ1) is 8.48. The van der Waals surface area contributed by atoms with Gasteiger partial charge < -0.3 is 15.2 Å². The molecule has 2 heterocycles. The van der Waals surface area contributed by atoms with Crippen molar-refractivity contribution in [3.05, 3.63) is 0 Å². The largest absolute Gasteiger partial charge is 0.838 e. The molecule has 0 spiro atoms. The van der Waals surface area contributed by atoms with Gasteiger partial charge in [0.05, 0.1) is 0 Å². The number of hydrogen-bond donors (Lipinski definition) is 1. The van der Waals surface area contributed by atoms with Crippen LogP contribution in [0.15, 0.2) is 0 Å². The summed E-state index contributed by atoms with van der Waals surface area (Å²) in [6.07, 6.45) is 0.985. The normalized spacial score (nSPS) is 59.0. The van der Waals surface area contributed by atoms with Gasteiger partial charge in [-0.2, -0.15) is 0 Å². The molecule has 70 valence electrons. The molecule has 12 heavy (non-hydrogen) atoms. The molecule has 0 aromatic rings. The molecule has 0 aromatic carbocycles. The Bertz CT molecular complexity index is 205. The van der Waals surface area contributed by atoms with Gasteiger partial charge in [0, 0.05) is 12.0 Å². The molecule has 2 fully saturated rings. The second-order valence-corrected chi connectivity index (χ2v) is 4.48. The number of hydrogen-bond acceptors (Lipinski definition) is 3. The molecule has 0 aliphatic carbocycles. The molecule has 2 saturated heterocycles. The monoisotopic (exact) mass is 170 g/mol. The summed E-state index contributed by atoms with van der Waals surface area (Å²) in [7, 11) is 0. The van der Waals surface area contributed by atoms with Gasteiger partial charge in [0.2, 0.25) is 0 Å². The lowest BCUT2D eigenvalue weighted by Gasteiger charge is -2.40. The molecule has 2 rings (SSSR count). The first-order chi connectivity index (χ1) is 5.47. The minimum atomic E-state index is -1.01. The fraction of sp³-hybridized carbons (Fsp3) is 1.00. The third-order valence-corrected chi connectivity index (χ3v) is 3.76. The van der Waals surface area contributed by atoms with Gasteiger partial charge in [0.1, 0.15) is 6.23 Å². The van der Waals surface area contributed by atoms with Crippen molar-refractivity contribution in [1.29, 1.82) is 0 Å². The van der Waals surface area contributed by atoms with Gasteiger partial charge in [-0.3, -0.25) is 0 Å². The van der Waals surface area contributed by atoms with Gasteiger partial charge in [-0.05, 0) is 12.3 Å². The van der Waals surface area contributed by atoms with Crippen molar-refractivity contribution in [2.24, 2.45) is 11.3 Å². The van der Waals surface area contributed by atoms with E-state index in [0.717, 1.165) is 13.0 Å². The summed E-state index contributed by atoms with van der Waals surface area (Å²) in [4.78, 5) is 0. The van der Waals surface area contributed by atoms with Crippen LogP contribution in [0.25, 0.3) is 0 Å². The molecule has 0 unspecified atom stereocenters. The van der Waals surface area contributed by atoms with Gasteiger partial charge in [-0.1, -0.05) is 26.5 Å². The van der Waals surface area contributed by atoms with Crippen LogP contribution >= 0.6 is 0 Å². The number of rotatable bonds is 0. The molecule has 0 saturated carbocycles. The Hall–Kier alpha value is -0.120. The van der Waals surface area contributed by atoms with Crippen molar-refractivity contribution in [2.75, 3.05) is 6.61 Å². The second-order valence-electron chi connectivity index (χ2n) is 4.48. The van der Waals surface area contributed by atoms with Crippen molar-refractivity contribution in [2.45, 2.75) is 39.1 Å². The van der Waals surface area contributed by atoms with Crippen LogP contribution in [0.2, 0.25) is 0 Å². The fourth-order valence-electron chi connectivity index (χ4n) is 2.38. The summed E-state index contributed by atoms with van der Waals surface area (Å²) in [5.74, 6) is 0.137. The van der Waals surface area contributed by atoms with E-state index in [2.05, 4.69) is 12.2 Å². The van der Waals surface area contributed by atoms with Crippen LogP contribution in [0, 0.1) is 11.3 Å². The first-order valence-corrected chi connectivity index (χ1v) is 4.56. The van der Waals surface area contributed by atoms with Crippen molar-refractivity contribution in [3.63, 3.8) is 0 Å². The smallest absolute Gasteiger partial charge is 0.113 e. The van der Waals surface area contributed by atoms with Gasteiger partial charge in [-0.15, -0.1) is 0 Å². The Morgan fingerprint density at radius 3 is 2.75 bits per heavy atom. The third kappa shape index (κ3) is 0.873. The van der Waals surface area contributed by atoms with Crippen LogP contribution in [0.5, 0.6) is 0 Å². The Kier molecular flexibility index (Phi) is 1.57. The Balaban J connectivity index is 2.29. The summed E-state index contributed by atoms with van der Waals surface area (Å²) in [5, 5.41) is 14.9. The average molecular weight is 170 g/mol. The van der Waals surface area contributed by atoms with Crippen molar-refractivity contribution in [1.82, 2.24) is 5.32 Å². The van der Waals surface area contributed by atoms with Crippen molar-refractivity contribution in [3.8, 4) is 0 Å². The molecule has 0 radical (unpaired) electrons. The predicted molar refractivity (Wildman–Crippen MR) is 43.2 cm³/mol. The highest BCUT2D eigenvalue weighted by Crippen LogP contribution is 2.48. The SMILES string of the molecule is C[C@H]1[C@@]2(C)CCO[C@H]2N[C@@]1(C)[O-]. The molecule has 0 amide bonds. The maximum absolute atomic E-state index is 11.9. The average Bonchev–Trinajstić information content (AvgIpc) is 2.37. The summed E-state index contributed by atoms with van der Waals surface area (Å²) in [5.41, 5.74) is -0.962. The highest BCUT2D eigenvalue weighted by molar-refractivity contribution is 5.03. The lowest BCUT2D eigenvalue weighted by Crippen LogP contribution is -2.55. The first-order valence-electron chi connectivity index (χ1n) is 4.56. The van der Waals surface area contributed by atoms with Crippen molar-refractivity contribution >= 4 is 0 Å². The Morgan fingerprint density at radius 2 is 2.17 bits per heavy atom. The fourth-order valence-corrected chi connectivity index (χ4v) is 2.38. The maximum atomic E-state index is 11.9. The molecule has 3 nitrogen and oxygen atoms in total. The lowest BCUT2D eigenvalue weighted by atomic mass is 9.75. The van der Waals surface area contributed by atoms with E-state index in [-0.39, 0.29) is 17.6 Å². The van der Waals surface area contributed by atoms with Gasteiger partial charge in [-0.25, -0.2) is 0 Å². The van der Waals surface area contributed by atoms with Crippen molar-refractivity contribution < 1.29 is 9.84 Å². The van der Waals surface area contributed by atoms with Crippen LogP contribution in [0.4, 0.5) is 0 Å². The Morgan fingerprint density at radius 1 is 1.50 bits per heavy atom. The van der Waals surface area contributed by atoms with E-state index in [0.29, 0.717) is 0 Å². The van der Waals surface area contributed by atoms with E-state index in [1.807, 2.05) is 6.92 Å². The summed E-state index contributed by atoms with van der Waals surface area (Å²) < 4.78 is 5.47. The van der Waals surface area contributed by atoms with Crippen LogP contribution in [0.1, 0.15) is 27.2 Å². The number of ether oxygens (including phenoxy) is 1. The van der Waals surface area contributed by atoms with Crippen LogP contribution in [0.3, 0.4) is 0 Å². The molecule has 4 atom stereocenters. The Labute approximate surface area is 73.1 Å². The summed E-state index contributed by atoms with van der Waals surface area (Å²) >= 11 is 0. The zero-order valence-electron chi connectivity index (χ0n) is 7.89. The summed E-state index contributed by atoms with van der Waals surface area (Å²) in [6.45, 7) is 6.67. The molecule has 0 bridgehead atoms. The zero-order chi connectivity index (χ0) is 8.98. The summed E-state index contributed by atoms with van der Waals surface area (Å²) in [6, 6.07) is 0.